The predicted molar refractivity (Wildman–Crippen MR) is 153 cm³/mol. The Morgan fingerprint density at radius 1 is 1.00 bits per heavy atom. The van der Waals surface area contributed by atoms with Crippen LogP contribution in [0, 0.1) is 5.92 Å². The number of carbonyl (C=O) groups is 1. The molecule has 0 fully saturated rings. The van der Waals surface area contributed by atoms with Gasteiger partial charge in [-0.2, -0.15) is 17.5 Å². The molecule has 0 bridgehead atoms. The Kier molecular flexibility index (Phi) is 9.52. The molecule has 3 aromatic rings. The third-order valence-corrected chi connectivity index (χ3v) is 11.0. The lowest BCUT2D eigenvalue weighted by molar-refractivity contribution is -0.153. The van der Waals surface area contributed by atoms with E-state index >= 15 is 0 Å². The molecular weight excluding hydrogens is 654 g/mol. The fraction of sp³-hybridized carbons (Fsp3) is 0.250. The molecule has 8 nitrogen and oxygen atoms in total. The second-order valence-corrected chi connectivity index (χ2v) is 14.5. The summed E-state index contributed by atoms with van der Waals surface area (Å²) in [6.45, 7) is 0.970. The second kappa shape index (κ2) is 12.5. The number of carboxylic acids is 1. The summed E-state index contributed by atoms with van der Waals surface area (Å²) in [6, 6.07) is 11.7. The molecule has 1 aliphatic carbocycles. The zero-order chi connectivity index (χ0) is 31.7. The van der Waals surface area contributed by atoms with Gasteiger partial charge in [0.1, 0.15) is 10.7 Å². The molecule has 1 heterocycles. The van der Waals surface area contributed by atoms with Crippen LogP contribution < -0.4 is 0 Å². The third kappa shape index (κ3) is 7.52. The van der Waals surface area contributed by atoms with Gasteiger partial charge in [0.2, 0.25) is 15.8 Å². The van der Waals surface area contributed by atoms with Crippen LogP contribution in [0.2, 0.25) is 10.0 Å². The molecule has 0 aliphatic heterocycles. The number of furan rings is 1. The number of rotatable bonds is 10. The first kappa shape index (κ1) is 32.8. The van der Waals surface area contributed by atoms with Crippen molar-refractivity contribution >= 4 is 49.0 Å². The summed E-state index contributed by atoms with van der Waals surface area (Å²) in [7, 11) is -8.53. The minimum atomic E-state index is -4.77. The van der Waals surface area contributed by atoms with Crippen molar-refractivity contribution in [3.8, 4) is 0 Å². The summed E-state index contributed by atoms with van der Waals surface area (Å²) in [5.74, 6) is -4.71. The summed E-state index contributed by atoms with van der Waals surface area (Å²) in [4.78, 5) is 10.4. The van der Waals surface area contributed by atoms with E-state index in [0.717, 1.165) is 10.4 Å². The first-order valence-corrected chi connectivity index (χ1v) is 16.4. The van der Waals surface area contributed by atoms with Crippen LogP contribution in [0.25, 0.3) is 0 Å². The Bertz CT molecular complexity index is 1800. The third-order valence-electron chi connectivity index (χ3n) is 6.63. The fourth-order valence-electron chi connectivity index (χ4n) is 4.66. The Morgan fingerprint density at radius 2 is 1.65 bits per heavy atom. The van der Waals surface area contributed by atoms with E-state index in [4.69, 9.17) is 32.7 Å². The van der Waals surface area contributed by atoms with Gasteiger partial charge < -0.3 is 9.52 Å². The lowest BCUT2D eigenvalue weighted by Crippen LogP contribution is -2.33. The molecule has 2 aromatic carbocycles. The Labute approximate surface area is 256 Å². The van der Waals surface area contributed by atoms with Gasteiger partial charge >= 0.3 is 12.1 Å². The van der Waals surface area contributed by atoms with Crippen LogP contribution in [0.15, 0.2) is 92.6 Å². The molecule has 0 saturated heterocycles. The van der Waals surface area contributed by atoms with E-state index in [1.807, 2.05) is 6.92 Å². The van der Waals surface area contributed by atoms with E-state index in [1.54, 1.807) is 24.3 Å². The van der Waals surface area contributed by atoms with Crippen LogP contribution in [0.5, 0.6) is 0 Å². The summed E-state index contributed by atoms with van der Waals surface area (Å²) >= 11 is 12.4. The number of alkyl halides is 3. The zero-order valence-corrected chi connectivity index (χ0v) is 25.4. The van der Waals surface area contributed by atoms with E-state index in [2.05, 4.69) is 0 Å². The molecule has 15 heteroatoms. The Balaban J connectivity index is 1.65. The number of carboxylic acid groups (broad SMARTS) is 1. The maximum Gasteiger partial charge on any atom is 0.449 e. The van der Waals surface area contributed by atoms with Crippen LogP contribution >= 0.6 is 23.2 Å². The number of allylic oxidation sites excluding steroid dienone is 2. The lowest BCUT2D eigenvalue weighted by Gasteiger charge is -2.27. The summed E-state index contributed by atoms with van der Waals surface area (Å²) in [5, 5.41) is 8.60. The molecular formula is C28H24Cl2F3NO7S2. The predicted octanol–water partition coefficient (Wildman–Crippen LogP) is 6.57. The standard InChI is InChI=1S/C28H24Cl2F3NO7S2/c1-17-12-18(8-10-22(17)19-4-2-5-21(13-19)42(37,38)16-26(35)36)14-34(15-20-9-11-25(41-20)28(31,32)33)43(39,40)27-23(29)6-3-7-24(27)30/h2-13,17,22H,14-16H2,1H3,(H,35,36). The molecule has 1 aromatic heterocycles. The number of benzene rings is 2. The van der Waals surface area contributed by atoms with Crippen molar-refractivity contribution in [3.63, 3.8) is 0 Å². The SMILES string of the molecule is CC1C=C(CN(Cc2ccc(C(F)(F)F)o2)S(=O)(=O)c2c(Cl)cccc2Cl)C=CC1c1cccc(S(=O)(=O)CC(=O)O)c1. The molecule has 1 N–H and O–H groups in total. The van der Waals surface area contributed by atoms with E-state index in [1.165, 1.54) is 36.4 Å². The number of sulfone groups is 1. The van der Waals surface area contributed by atoms with Crippen LogP contribution in [-0.2, 0) is 37.4 Å². The van der Waals surface area contributed by atoms with E-state index in [-0.39, 0.29) is 39.1 Å². The molecule has 0 saturated carbocycles. The Morgan fingerprint density at radius 3 is 2.23 bits per heavy atom. The Hall–Kier alpha value is -3.10. The highest BCUT2D eigenvalue weighted by molar-refractivity contribution is 7.92. The number of nitrogens with zero attached hydrogens (tertiary/aromatic N) is 1. The molecule has 2 unspecified atom stereocenters. The minimum Gasteiger partial charge on any atom is -0.480 e. The quantitative estimate of drug-likeness (QED) is 0.258. The molecule has 0 amide bonds. The maximum atomic E-state index is 13.8. The van der Waals surface area contributed by atoms with Gasteiger partial charge in [-0.05, 0) is 53.5 Å². The van der Waals surface area contributed by atoms with Crippen LogP contribution in [0.4, 0.5) is 13.2 Å². The number of halogens is 5. The monoisotopic (exact) mass is 677 g/mol. The van der Waals surface area contributed by atoms with Crippen molar-refractivity contribution in [2.75, 3.05) is 12.3 Å². The number of aliphatic carboxylic acids is 1. The van der Waals surface area contributed by atoms with Crippen LogP contribution in [0.1, 0.15) is 29.9 Å². The van der Waals surface area contributed by atoms with Crippen molar-refractivity contribution in [3.05, 3.63) is 106 Å². The van der Waals surface area contributed by atoms with E-state index in [9.17, 15) is 34.8 Å². The van der Waals surface area contributed by atoms with Gasteiger partial charge in [0.25, 0.3) is 0 Å². The lowest BCUT2D eigenvalue weighted by atomic mass is 9.82. The second-order valence-electron chi connectivity index (χ2n) is 9.80. The molecule has 1 aliphatic rings. The average molecular weight is 679 g/mol. The van der Waals surface area contributed by atoms with Crippen molar-refractivity contribution in [2.45, 2.75) is 35.4 Å². The van der Waals surface area contributed by atoms with Crippen molar-refractivity contribution in [2.24, 2.45) is 5.92 Å². The van der Waals surface area contributed by atoms with Gasteiger partial charge in [-0.15, -0.1) is 0 Å². The van der Waals surface area contributed by atoms with E-state index < -0.39 is 55.0 Å². The highest BCUT2D eigenvalue weighted by Crippen LogP contribution is 2.37. The zero-order valence-electron chi connectivity index (χ0n) is 22.3. The van der Waals surface area contributed by atoms with Gasteiger partial charge in [-0.25, -0.2) is 16.8 Å². The average Bonchev–Trinajstić information content (AvgIpc) is 3.37. The first-order valence-electron chi connectivity index (χ1n) is 12.5. The van der Waals surface area contributed by atoms with Gasteiger partial charge in [-0.3, -0.25) is 4.79 Å². The fourth-order valence-corrected chi connectivity index (χ4v) is 8.24. The largest absolute Gasteiger partial charge is 0.480 e. The highest BCUT2D eigenvalue weighted by Gasteiger charge is 2.36. The molecule has 4 rings (SSSR count). The summed E-state index contributed by atoms with van der Waals surface area (Å²) in [6.07, 6.45) is 0.356. The normalized spacial score (nSPS) is 17.7. The van der Waals surface area contributed by atoms with Crippen LogP contribution in [0.3, 0.4) is 0 Å². The highest BCUT2D eigenvalue weighted by atomic mass is 35.5. The van der Waals surface area contributed by atoms with Gasteiger partial charge in [0, 0.05) is 12.5 Å². The minimum absolute atomic E-state index is 0.145. The smallest absolute Gasteiger partial charge is 0.449 e. The van der Waals surface area contributed by atoms with Gasteiger partial charge in [-0.1, -0.05) is 66.6 Å². The van der Waals surface area contributed by atoms with Crippen molar-refractivity contribution in [1.29, 1.82) is 0 Å². The number of hydrogen-bond donors (Lipinski definition) is 1. The summed E-state index contributed by atoms with van der Waals surface area (Å²) in [5.41, 5.74) is 1.08. The van der Waals surface area contributed by atoms with Crippen LogP contribution in [-0.4, -0.2) is 44.5 Å². The molecule has 43 heavy (non-hydrogen) atoms. The molecule has 230 valence electrons. The molecule has 0 spiro atoms. The number of sulfonamides is 1. The van der Waals surface area contributed by atoms with Gasteiger partial charge in [0.15, 0.2) is 15.6 Å². The maximum absolute atomic E-state index is 13.8. The van der Waals surface area contributed by atoms with Crippen molar-refractivity contribution in [1.82, 2.24) is 4.31 Å². The molecule has 0 radical (unpaired) electrons. The van der Waals surface area contributed by atoms with E-state index in [0.29, 0.717) is 17.2 Å². The molecule has 2 atom stereocenters. The number of hydrogen-bond acceptors (Lipinski definition) is 6. The first-order chi connectivity index (χ1) is 20.0. The van der Waals surface area contributed by atoms with Gasteiger partial charge in [0.05, 0.1) is 21.5 Å². The summed E-state index contributed by atoms with van der Waals surface area (Å²) < 4.78 is 97.7. The van der Waals surface area contributed by atoms with Crippen molar-refractivity contribution < 1.29 is 44.3 Å². The topological polar surface area (TPSA) is 122 Å².